The van der Waals surface area contributed by atoms with E-state index in [1.54, 1.807) is 13.2 Å². The van der Waals surface area contributed by atoms with E-state index in [-0.39, 0.29) is 11.7 Å². The molecule has 5 heteroatoms. The molecule has 1 saturated heterocycles. The molecular weight excluding hydrogens is 331 g/mol. The van der Waals surface area contributed by atoms with Crippen LogP contribution in [0.2, 0.25) is 0 Å². The molecule has 0 aliphatic carbocycles. The van der Waals surface area contributed by atoms with Crippen LogP contribution in [0.15, 0.2) is 36.4 Å². The summed E-state index contributed by atoms with van der Waals surface area (Å²) in [6, 6.07) is 10.6. The summed E-state index contributed by atoms with van der Waals surface area (Å²) in [4.78, 5) is 17.0. The van der Waals surface area contributed by atoms with Crippen molar-refractivity contribution in [2.24, 2.45) is 0 Å². The Morgan fingerprint density at radius 3 is 2.50 bits per heavy atom. The maximum Gasteiger partial charge on any atom is 0.254 e. The Bertz CT molecular complexity index is 799. The van der Waals surface area contributed by atoms with E-state index in [2.05, 4.69) is 4.90 Å². The summed E-state index contributed by atoms with van der Waals surface area (Å²) in [5.41, 5.74) is 3.72. The highest BCUT2D eigenvalue weighted by atomic mass is 19.1. The lowest BCUT2D eigenvalue weighted by Gasteiger charge is -2.35. The number of hydrogen-bond donors (Lipinski definition) is 0. The second kappa shape index (κ2) is 7.87. The number of methoxy groups -OCH3 is 1. The number of carbonyl (C=O) groups is 1. The molecule has 2 aromatic rings. The maximum absolute atomic E-state index is 13.5. The molecule has 26 heavy (non-hydrogen) atoms. The molecule has 1 aliphatic heterocycles. The van der Waals surface area contributed by atoms with Gasteiger partial charge in [0.1, 0.15) is 11.6 Å². The zero-order valence-corrected chi connectivity index (χ0v) is 15.6. The van der Waals surface area contributed by atoms with Crippen molar-refractivity contribution in [2.75, 3.05) is 33.3 Å². The Morgan fingerprint density at radius 1 is 1.08 bits per heavy atom. The van der Waals surface area contributed by atoms with Gasteiger partial charge >= 0.3 is 0 Å². The fourth-order valence-electron chi connectivity index (χ4n) is 3.36. The molecule has 138 valence electrons. The highest BCUT2D eigenvalue weighted by Crippen LogP contribution is 2.22. The quantitative estimate of drug-likeness (QED) is 0.842. The molecule has 0 atom stereocenters. The van der Waals surface area contributed by atoms with Gasteiger partial charge in [0.2, 0.25) is 0 Å². The van der Waals surface area contributed by atoms with Gasteiger partial charge < -0.3 is 9.64 Å². The van der Waals surface area contributed by atoms with Gasteiger partial charge in [-0.25, -0.2) is 4.39 Å². The number of aryl methyl sites for hydroxylation is 2. The molecule has 0 saturated carbocycles. The van der Waals surface area contributed by atoms with Gasteiger partial charge in [-0.05, 0) is 43.7 Å². The zero-order chi connectivity index (χ0) is 18.7. The fourth-order valence-corrected chi connectivity index (χ4v) is 3.36. The summed E-state index contributed by atoms with van der Waals surface area (Å²) in [5.74, 6) is 0.527. The molecule has 0 unspecified atom stereocenters. The van der Waals surface area contributed by atoms with Crippen molar-refractivity contribution in [3.63, 3.8) is 0 Å². The van der Waals surface area contributed by atoms with E-state index < -0.39 is 0 Å². The fraction of sp³-hybridized carbons (Fsp3) is 0.381. The van der Waals surface area contributed by atoms with E-state index in [1.165, 1.54) is 12.1 Å². The maximum atomic E-state index is 13.5. The van der Waals surface area contributed by atoms with Gasteiger partial charge in [0, 0.05) is 43.9 Å². The Labute approximate surface area is 154 Å². The summed E-state index contributed by atoms with van der Waals surface area (Å²) in [5, 5.41) is 0. The first kappa shape index (κ1) is 18.4. The minimum Gasteiger partial charge on any atom is -0.496 e. The number of amides is 1. The first-order valence-electron chi connectivity index (χ1n) is 8.89. The van der Waals surface area contributed by atoms with Crippen LogP contribution in [-0.4, -0.2) is 49.0 Å². The lowest BCUT2D eigenvalue weighted by atomic mass is 10.0. The van der Waals surface area contributed by atoms with Crippen molar-refractivity contribution >= 4 is 5.91 Å². The Balaban J connectivity index is 1.63. The van der Waals surface area contributed by atoms with Gasteiger partial charge in [-0.1, -0.05) is 17.7 Å². The van der Waals surface area contributed by atoms with Crippen LogP contribution in [0, 0.1) is 19.7 Å². The topological polar surface area (TPSA) is 32.8 Å². The molecule has 1 fully saturated rings. The number of halogens is 1. The van der Waals surface area contributed by atoms with Gasteiger partial charge in [0.05, 0.1) is 7.11 Å². The molecule has 0 N–H and O–H groups in total. The Kier molecular flexibility index (Phi) is 5.57. The Morgan fingerprint density at radius 2 is 1.81 bits per heavy atom. The highest BCUT2D eigenvalue weighted by molar-refractivity contribution is 5.95. The van der Waals surface area contributed by atoms with Crippen molar-refractivity contribution < 1.29 is 13.9 Å². The third-order valence-corrected chi connectivity index (χ3v) is 4.92. The zero-order valence-electron chi connectivity index (χ0n) is 15.6. The molecule has 0 radical (unpaired) electrons. The molecule has 1 amide bonds. The summed E-state index contributed by atoms with van der Waals surface area (Å²) in [6.07, 6.45) is 0. The highest BCUT2D eigenvalue weighted by Gasteiger charge is 2.23. The second-order valence-electron chi connectivity index (χ2n) is 6.84. The van der Waals surface area contributed by atoms with Gasteiger partial charge in [-0.15, -0.1) is 0 Å². The van der Waals surface area contributed by atoms with Gasteiger partial charge in [0.25, 0.3) is 5.91 Å². The SMILES string of the molecule is COc1ccc(F)cc1CN1CCN(C(=O)c2cc(C)ccc2C)CC1. The third-order valence-electron chi connectivity index (χ3n) is 4.92. The van der Waals surface area contributed by atoms with Crippen LogP contribution < -0.4 is 4.74 Å². The van der Waals surface area contributed by atoms with E-state index in [4.69, 9.17) is 4.74 Å². The molecule has 3 rings (SSSR count). The lowest BCUT2D eigenvalue weighted by Crippen LogP contribution is -2.48. The van der Waals surface area contributed by atoms with E-state index >= 15 is 0 Å². The monoisotopic (exact) mass is 356 g/mol. The van der Waals surface area contributed by atoms with Gasteiger partial charge in [-0.3, -0.25) is 9.69 Å². The van der Waals surface area contributed by atoms with E-state index in [0.717, 1.165) is 35.3 Å². The number of hydrogen-bond acceptors (Lipinski definition) is 3. The van der Waals surface area contributed by atoms with Crippen molar-refractivity contribution in [1.82, 2.24) is 9.80 Å². The first-order chi connectivity index (χ1) is 12.5. The second-order valence-corrected chi connectivity index (χ2v) is 6.84. The van der Waals surface area contributed by atoms with Crippen LogP contribution in [0.3, 0.4) is 0 Å². The number of piperazine rings is 1. The van der Waals surface area contributed by atoms with Crippen molar-refractivity contribution in [3.8, 4) is 5.75 Å². The molecule has 1 heterocycles. The minimum atomic E-state index is -0.260. The van der Waals surface area contributed by atoms with Crippen LogP contribution in [0.4, 0.5) is 4.39 Å². The number of benzene rings is 2. The summed E-state index contributed by atoms with van der Waals surface area (Å²) in [6.45, 7) is 7.45. The number of ether oxygens (including phenoxy) is 1. The molecule has 1 aliphatic rings. The Hall–Kier alpha value is -2.40. The average Bonchev–Trinajstić information content (AvgIpc) is 2.64. The molecular formula is C21H25FN2O2. The third kappa shape index (κ3) is 4.05. The summed E-state index contributed by atoms with van der Waals surface area (Å²) < 4.78 is 18.9. The number of carbonyl (C=O) groups excluding carboxylic acids is 1. The van der Waals surface area contributed by atoms with Crippen LogP contribution in [0.25, 0.3) is 0 Å². The summed E-state index contributed by atoms with van der Waals surface area (Å²) in [7, 11) is 1.59. The van der Waals surface area contributed by atoms with Crippen LogP contribution in [-0.2, 0) is 6.54 Å². The van der Waals surface area contributed by atoms with Crippen LogP contribution in [0.1, 0.15) is 27.0 Å². The van der Waals surface area contributed by atoms with E-state index in [9.17, 15) is 9.18 Å². The predicted octanol–water partition coefficient (Wildman–Crippen LogP) is 3.41. The van der Waals surface area contributed by atoms with Crippen LogP contribution in [0.5, 0.6) is 5.75 Å². The molecule has 2 aromatic carbocycles. The lowest BCUT2D eigenvalue weighted by molar-refractivity contribution is 0.0626. The normalized spacial score (nSPS) is 15.2. The van der Waals surface area contributed by atoms with Crippen molar-refractivity contribution in [3.05, 3.63) is 64.5 Å². The largest absolute Gasteiger partial charge is 0.496 e. The van der Waals surface area contributed by atoms with E-state index in [1.807, 2.05) is 36.9 Å². The molecule has 4 nitrogen and oxygen atoms in total. The van der Waals surface area contributed by atoms with Crippen molar-refractivity contribution in [2.45, 2.75) is 20.4 Å². The summed E-state index contributed by atoms with van der Waals surface area (Å²) >= 11 is 0. The molecule has 0 aromatic heterocycles. The van der Waals surface area contributed by atoms with Crippen molar-refractivity contribution in [1.29, 1.82) is 0 Å². The number of nitrogens with zero attached hydrogens (tertiary/aromatic N) is 2. The smallest absolute Gasteiger partial charge is 0.254 e. The predicted molar refractivity (Wildman–Crippen MR) is 100 cm³/mol. The molecule has 0 bridgehead atoms. The van der Waals surface area contributed by atoms with Crippen LogP contribution >= 0.6 is 0 Å². The number of rotatable bonds is 4. The standard InChI is InChI=1S/C21H25FN2O2/c1-15-4-5-16(2)19(12-15)21(25)24-10-8-23(9-11-24)14-17-13-18(22)6-7-20(17)26-3/h4-7,12-13H,8-11,14H2,1-3H3. The van der Waals surface area contributed by atoms with Gasteiger partial charge in [0.15, 0.2) is 0 Å². The van der Waals surface area contributed by atoms with Gasteiger partial charge in [-0.2, -0.15) is 0 Å². The van der Waals surface area contributed by atoms with E-state index in [0.29, 0.717) is 25.4 Å². The minimum absolute atomic E-state index is 0.0918. The average molecular weight is 356 g/mol. The molecule has 0 spiro atoms. The first-order valence-corrected chi connectivity index (χ1v) is 8.89.